The number of benzene rings is 1. The minimum atomic E-state index is -1.39. The van der Waals surface area contributed by atoms with E-state index in [1.165, 1.54) is 0 Å². The Bertz CT molecular complexity index is 500. The molecule has 19 heavy (non-hydrogen) atoms. The highest BCUT2D eigenvalue weighted by Gasteiger charge is 2.24. The van der Waals surface area contributed by atoms with Gasteiger partial charge in [-0.1, -0.05) is 6.07 Å². The van der Waals surface area contributed by atoms with Crippen LogP contribution in [0.4, 0.5) is 5.69 Å². The Morgan fingerprint density at radius 3 is 2.63 bits per heavy atom. The third-order valence-electron chi connectivity index (χ3n) is 2.71. The number of esters is 1. The number of hydrogen-bond donors (Lipinski definition) is 3. The van der Waals surface area contributed by atoms with Crippen LogP contribution in [0.25, 0.3) is 0 Å². The molecule has 1 rings (SSSR count). The predicted molar refractivity (Wildman–Crippen MR) is 70.8 cm³/mol. The van der Waals surface area contributed by atoms with E-state index in [1.807, 2.05) is 0 Å². The molecule has 0 bridgehead atoms. The van der Waals surface area contributed by atoms with Crippen molar-refractivity contribution in [2.75, 3.05) is 11.9 Å². The van der Waals surface area contributed by atoms with Crippen molar-refractivity contribution < 1.29 is 19.4 Å². The van der Waals surface area contributed by atoms with Gasteiger partial charge in [0.1, 0.15) is 5.75 Å². The van der Waals surface area contributed by atoms with Crippen molar-refractivity contribution in [1.82, 2.24) is 0 Å². The maximum atomic E-state index is 11.8. The van der Waals surface area contributed by atoms with Gasteiger partial charge in [-0.25, -0.2) is 4.79 Å². The van der Waals surface area contributed by atoms with E-state index in [2.05, 4.69) is 10.1 Å². The number of rotatable bonds is 4. The molecule has 1 aromatic rings. The van der Waals surface area contributed by atoms with Gasteiger partial charge >= 0.3 is 5.97 Å². The number of carbonyl (C=O) groups excluding carboxylic acids is 2. The average molecular weight is 266 g/mol. The highest BCUT2D eigenvalue weighted by Crippen LogP contribution is 2.27. The number of amides is 1. The van der Waals surface area contributed by atoms with E-state index in [1.54, 1.807) is 32.9 Å². The van der Waals surface area contributed by atoms with Gasteiger partial charge in [-0.05, 0) is 32.4 Å². The Balaban J connectivity index is 2.83. The Kier molecular flexibility index (Phi) is 4.88. The fourth-order valence-electron chi connectivity index (χ4n) is 1.52. The van der Waals surface area contributed by atoms with Crippen molar-refractivity contribution in [3.05, 3.63) is 23.3 Å². The fraction of sp³-hybridized carbons (Fsp3) is 0.385. The van der Waals surface area contributed by atoms with Gasteiger partial charge in [-0.3, -0.25) is 4.79 Å². The first-order chi connectivity index (χ1) is 8.88. The van der Waals surface area contributed by atoms with E-state index in [0.29, 0.717) is 16.8 Å². The third-order valence-corrected chi connectivity index (χ3v) is 2.71. The second kappa shape index (κ2) is 6.19. The fourth-order valence-corrected chi connectivity index (χ4v) is 1.52. The molecule has 0 fully saturated rings. The van der Waals surface area contributed by atoms with Gasteiger partial charge in [0.2, 0.25) is 0 Å². The van der Waals surface area contributed by atoms with E-state index in [4.69, 9.17) is 5.73 Å². The largest absolute Gasteiger partial charge is 0.507 e. The average Bonchev–Trinajstić information content (AvgIpc) is 2.38. The van der Waals surface area contributed by atoms with Crippen LogP contribution < -0.4 is 11.1 Å². The lowest BCUT2D eigenvalue weighted by Crippen LogP contribution is -2.43. The Morgan fingerprint density at radius 2 is 2.05 bits per heavy atom. The second-order valence-electron chi connectivity index (χ2n) is 4.12. The summed E-state index contributed by atoms with van der Waals surface area (Å²) in [5, 5.41) is 12.3. The maximum absolute atomic E-state index is 11.8. The van der Waals surface area contributed by atoms with Crippen molar-refractivity contribution in [3.8, 4) is 5.75 Å². The van der Waals surface area contributed by atoms with Gasteiger partial charge < -0.3 is 20.9 Å². The van der Waals surface area contributed by atoms with Crippen LogP contribution in [-0.2, 0) is 14.3 Å². The molecule has 0 saturated heterocycles. The van der Waals surface area contributed by atoms with Gasteiger partial charge in [0.05, 0.1) is 6.61 Å². The quantitative estimate of drug-likeness (QED) is 0.553. The summed E-state index contributed by atoms with van der Waals surface area (Å²) in [7, 11) is 0. The summed E-state index contributed by atoms with van der Waals surface area (Å²) >= 11 is 0. The molecule has 104 valence electrons. The zero-order chi connectivity index (χ0) is 14.6. The number of nitrogens with one attached hydrogen (secondary N) is 1. The Morgan fingerprint density at radius 1 is 1.42 bits per heavy atom. The summed E-state index contributed by atoms with van der Waals surface area (Å²) in [5.74, 6) is -1.36. The number of hydrogen-bond acceptors (Lipinski definition) is 5. The van der Waals surface area contributed by atoms with Gasteiger partial charge in [0, 0.05) is 11.3 Å². The van der Waals surface area contributed by atoms with Crippen molar-refractivity contribution >= 4 is 17.6 Å². The van der Waals surface area contributed by atoms with Crippen LogP contribution in [0.1, 0.15) is 18.1 Å². The molecule has 1 unspecified atom stereocenters. The van der Waals surface area contributed by atoms with Crippen molar-refractivity contribution in [3.63, 3.8) is 0 Å². The van der Waals surface area contributed by atoms with E-state index >= 15 is 0 Å². The summed E-state index contributed by atoms with van der Waals surface area (Å²) in [6, 6.07) is 1.91. The van der Waals surface area contributed by atoms with Gasteiger partial charge in [-0.2, -0.15) is 0 Å². The molecule has 0 aliphatic carbocycles. The van der Waals surface area contributed by atoms with Crippen molar-refractivity contribution in [2.45, 2.75) is 26.8 Å². The number of ether oxygens (including phenoxy) is 1. The van der Waals surface area contributed by atoms with E-state index < -0.39 is 17.9 Å². The van der Waals surface area contributed by atoms with Crippen LogP contribution in [0.15, 0.2) is 12.1 Å². The normalized spacial score (nSPS) is 11.8. The summed E-state index contributed by atoms with van der Waals surface area (Å²) in [6.07, 6.45) is 0. The smallest absolute Gasteiger partial charge is 0.332 e. The van der Waals surface area contributed by atoms with Gasteiger partial charge in [0.25, 0.3) is 5.91 Å². The molecule has 0 radical (unpaired) electrons. The topological polar surface area (TPSA) is 102 Å². The number of nitrogens with two attached hydrogens (primary N) is 1. The number of anilines is 1. The molecule has 6 nitrogen and oxygen atoms in total. The Hall–Kier alpha value is -2.08. The maximum Gasteiger partial charge on any atom is 0.332 e. The molecule has 6 heteroatoms. The number of aryl methyl sites for hydroxylation is 1. The molecule has 1 aromatic carbocycles. The molecular formula is C13H18N2O4. The molecule has 0 heterocycles. The molecule has 1 amide bonds. The zero-order valence-electron chi connectivity index (χ0n) is 11.2. The van der Waals surface area contributed by atoms with E-state index in [-0.39, 0.29) is 12.4 Å². The standard InChI is InChI=1S/C13H18N2O4/c1-4-19-13(18)10(14)12(17)15-9-6-5-7(2)11(16)8(9)3/h5-6,10,16H,4,14H2,1-3H3,(H,15,17). The third kappa shape index (κ3) is 3.45. The molecule has 0 saturated carbocycles. The number of phenols is 1. The zero-order valence-corrected chi connectivity index (χ0v) is 11.2. The highest BCUT2D eigenvalue weighted by molar-refractivity contribution is 6.08. The molecule has 1 atom stereocenters. The number of phenolic OH excluding ortho intramolecular Hbond substituents is 1. The first kappa shape index (κ1) is 15.0. The molecule has 4 N–H and O–H groups in total. The van der Waals surface area contributed by atoms with Crippen LogP contribution in [0.5, 0.6) is 5.75 Å². The van der Waals surface area contributed by atoms with Crippen LogP contribution in [-0.4, -0.2) is 29.6 Å². The Labute approximate surface area is 111 Å². The van der Waals surface area contributed by atoms with Crippen LogP contribution in [0, 0.1) is 13.8 Å². The SMILES string of the molecule is CCOC(=O)C(N)C(=O)Nc1ccc(C)c(O)c1C. The van der Waals surface area contributed by atoms with Gasteiger partial charge in [0.15, 0.2) is 6.04 Å². The highest BCUT2D eigenvalue weighted by atomic mass is 16.5. The lowest BCUT2D eigenvalue weighted by atomic mass is 10.1. The van der Waals surface area contributed by atoms with Crippen LogP contribution >= 0.6 is 0 Å². The summed E-state index contributed by atoms with van der Waals surface area (Å²) < 4.78 is 4.66. The predicted octanol–water partition coefficient (Wildman–Crippen LogP) is 0.838. The minimum Gasteiger partial charge on any atom is -0.507 e. The molecular weight excluding hydrogens is 248 g/mol. The van der Waals surface area contributed by atoms with Crippen molar-refractivity contribution in [1.29, 1.82) is 0 Å². The van der Waals surface area contributed by atoms with Crippen LogP contribution in [0.3, 0.4) is 0 Å². The monoisotopic (exact) mass is 266 g/mol. The molecule has 0 aliphatic rings. The summed E-state index contributed by atoms with van der Waals surface area (Å²) in [4.78, 5) is 23.1. The van der Waals surface area contributed by atoms with Gasteiger partial charge in [-0.15, -0.1) is 0 Å². The van der Waals surface area contributed by atoms with E-state index in [9.17, 15) is 14.7 Å². The summed E-state index contributed by atoms with van der Waals surface area (Å²) in [6.45, 7) is 5.20. The van der Waals surface area contributed by atoms with Crippen LogP contribution in [0.2, 0.25) is 0 Å². The second-order valence-corrected chi connectivity index (χ2v) is 4.12. The lowest BCUT2D eigenvalue weighted by molar-refractivity contribution is -0.146. The molecule has 0 aliphatic heterocycles. The first-order valence-corrected chi connectivity index (χ1v) is 5.90. The summed E-state index contributed by atoms with van der Waals surface area (Å²) in [5.41, 5.74) is 7.09. The lowest BCUT2D eigenvalue weighted by Gasteiger charge is -2.14. The molecule has 0 aromatic heterocycles. The minimum absolute atomic E-state index is 0.0995. The first-order valence-electron chi connectivity index (χ1n) is 5.90. The molecule has 0 spiro atoms. The number of aromatic hydroxyl groups is 1. The van der Waals surface area contributed by atoms with Crippen molar-refractivity contribution in [2.24, 2.45) is 5.73 Å². The number of carbonyl (C=O) groups is 2. The van der Waals surface area contributed by atoms with E-state index in [0.717, 1.165) is 0 Å².